The Bertz CT molecular complexity index is 860. The molecule has 2 aliphatic rings. The van der Waals surface area contributed by atoms with Crippen LogP contribution in [0.15, 0.2) is 30.9 Å². The maximum atomic E-state index is 13.1. The van der Waals surface area contributed by atoms with Gasteiger partial charge in [0, 0.05) is 38.0 Å². The second kappa shape index (κ2) is 6.71. The molecule has 0 atom stereocenters. The first kappa shape index (κ1) is 17.6. The molecule has 9 heteroatoms. The average molecular weight is 375 g/mol. The van der Waals surface area contributed by atoms with Gasteiger partial charge >= 0.3 is 0 Å². The lowest BCUT2D eigenvalue weighted by atomic mass is 9.80. The van der Waals surface area contributed by atoms with Crippen molar-refractivity contribution >= 4 is 17.5 Å². The predicted molar refractivity (Wildman–Crippen MR) is 92.1 cm³/mol. The van der Waals surface area contributed by atoms with Crippen molar-refractivity contribution in [3.63, 3.8) is 0 Å². The lowest BCUT2D eigenvalue weighted by Gasteiger charge is -2.36. The fourth-order valence-corrected chi connectivity index (χ4v) is 3.56. The molecule has 0 saturated heterocycles. The highest BCUT2D eigenvalue weighted by atomic mass is 19.3. The van der Waals surface area contributed by atoms with Crippen LogP contribution in [0.1, 0.15) is 35.4 Å². The van der Waals surface area contributed by atoms with Crippen molar-refractivity contribution in [2.24, 2.45) is 5.92 Å². The summed E-state index contributed by atoms with van der Waals surface area (Å²) in [7, 11) is 0. The van der Waals surface area contributed by atoms with Crippen LogP contribution in [0.4, 0.5) is 14.5 Å². The van der Waals surface area contributed by atoms with Crippen molar-refractivity contribution in [2.75, 3.05) is 11.9 Å². The van der Waals surface area contributed by atoms with E-state index in [0.29, 0.717) is 30.9 Å². The monoisotopic (exact) mass is 375 g/mol. The number of alkyl halides is 2. The third-order valence-corrected chi connectivity index (χ3v) is 5.00. The molecule has 7 nitrogen and oxygen atoms in total. The maximum absolute atomic E-state index is 13.1. The molecule has 1 aliphatic carbocycles. The summed E-state index contributed by atoms with van der Waals surface area (Å²) >= 11 is 0. The van der Waals surface area contributed by atoms with E-state index in [2.05, 4.69) is 15.3 Å². The first-order chi connectivity index (χ1) is 12.9. The number of carbonyl (C=O) groups is 2. The van der Waals surface area contributed by atoms with E-state index in [9.17, 15) is 18.4 Å². The second-order valence-corrected chi connectivity index (χ2v) is 7.00. The van der Waals surface area contributed by atoms with E-state index in [0.717, 1.165) is 0 Å². The van der Waals surface area contributed by atoms with E-state index in [-0.39, 0.29) is 24.1 Å². The molecule has 1 N–H and O–H groups in total. The minimum atomic E-state index is -2.73. The van der Waals surface area contributed by atoms with Crippen molar-refractivity contribution in [2.45, 2.75) is 38.3 Å². The highest BCUT2D eigenvalue weighted by Gasteiger charge is 2.49. The predicted octanol–water partition coefficient (Wildman–Crippen LogP) is 2.31. The van der Waals surface area contributed by atoms with Crippen LogP contribution in [0.5, 0.6) is 0 Å². The van der Waals surface area contributed by atoms with Crippen molar-refractivity contribution in [1.82, 2.24) is 19.4 Å². The summed E-state index contributed by atoms with van der Waals surface area (Å²) in [6.45, 7) is 1.29. The van der Waals surface area contributed by atoms with Crippen LogP contribution in [-0.4, -0.2) is 43.7 Å². The van der Waals surface area contributed by atoms with Crippen LogP contribution in [0.25, 0.3) is 0 Å². The Labute approximate surface area is 154 Å². The Morgan fingerprint density at radius 2 is 2.07 bits per heavy atom. The van der Waals surface area contributed by atoms with Gasteiger partial charge in [-0.1, -0.05) is 0 Å². The molecule has 2 aromatic heterocycles. The standard InChI is InChI=1S/C18H19F2N5O2/c19-18(20)7-12(8-18)17(27)24-5-2-6-25-11-22-15(14(25)10-24)16(26)23-13-3-1-4-21-9-13/h1,3-4,9,11-12H,2,5-8,10H2,(H,23,26). The van der Waals surface area contributed by atoms with E-state index in [1.165, 1.54) is 6.20 Å². The van der Waals surface area contributed by atoms with Crippen molar-refractivity contribution in [3.05, 3.63) is 42.2 Å². The van der Waals surface area contributed by atoms with Gasteiger partial charge in [0.15, 0.2) is 5.69 Å². The molecule has 4 rings (SSSR count). The van der Waals surface area contributed by atoms with Gasteiger partial charge in [0.1, 0.15) is 0 Å². The highest BCUT2D eigenvalue weighted by molar-refractivity contribution is 6.03. The number of nitrogens with zero attached hydrogens (tertiary/aromatic N) is 4. The normalized spacial score (nSPS) is 19.0. The van der Waals surface area contributed by atoms with Crippen molar-refractivity contribution < 1.29 is 18.4 Å². The van der Waals surface area contributed by atoms with Gasteiger partial charge in [-0.15, -0.1) is 0 Å². The fraction of sp³-hybridized carbons (Fsp3) is 0.444. The number of carbonyl (C=O) groups excluding carboxylic acids is 2. The SMILES string of the molecule is O=C(Nc1cccnc1)c1ncn2c1CN(C(=O)C1CC(F)(F)C1)CCC2. The van der Waals surface area contributed by atoms with E-state index >= 15 is 0 Å². The van der Waals surface area contributed by atoms with Gasteiger partial charge in [0.2, 0.25) is 11.8 Å². The number of nitrogens with one attached hydrogen (secondary N) is 1. The number of halogens is 2. The maximum Gasteiger partial charge on any atom is 0.276 e. The molecule has 27 heavy (non-hydrogen) atoms. The number of aryl methyl sites for hydroxylation is 1. The smallest absolute Gasteiger partial charge is 0.276 e. The third-order valence-electron chi connectivity index (χ3n) is 5.00. The molecule has 1 aliphatic heterocycles. The highest BCUT2D eigenvalue weighted by Crippen LogP contribution is 2.43. The first-order valence-corrected chi connectivity index (χ1v) is 8.85. The molecule has 1 saturated carbocycles. The summed E-state index contributed by atoms with van der Waals surface area (Å²) in [5, 5.41) is 2.73. The number of anilines is 1. The Morgan fingerprint density at radius 3 is 2.78 bits per heavy atom. The summed E-state index contributed by atoms with van der Waals surface area (Å²) < 4.78 is 28.1. The summed E-state index contributed by atoms with van der Waals surface area (Å²) in [6.07, 6.45) is 4.61. The summed E-state index contributed by atoms with van der Waals surface area (Å²) in [6, 6.07) is 3.42. The first-order valence-electron chi connectivity index (χ1n) is 8.85. The molecule has 2 aromatic rings. The second-order valence-electron chi connectivity index (χ2n) is 7.00. The molecule has 3 heterocycles. The summed E-state index contributed by atoms with van der Waals surface area (Å²) in [4.78, 5) is 34.9. The number of amides is 2. The van der Waals surface area contributed by atoms with Crippen LogP contribution in [0.3, 0.4) is 0 Å². The Balaban J connectivity index is 1.51. The van der Waals surface area contributed by atoms with Crippen molar-refractivity contribution in [3.8, 4) is 0 Å². The molecular formula is C18H19F2N5O2. The number of pyridine rings is 1. The van der Waals surface area contributed by atoms with Crippen LogP contribution >= 0.6 is 0 Å². The lowest BCUT2D eigenvalue weighted by Crippen LogP contribution is -2.46. The zero-order valence-corrected chi connectivity index (χ0v) is 14.6. The van der Waals surface area contributed by atoms with Gasteiger partial charge in [-0.25, -0.2) is 13.8 Å². The lowest BCUT2D eigenvalue weighted by molar-refractivity contribution is -0.160. The molecule has 0 radical (unpaired) electrons. The third kappa shape index (κ3) is 3.54. The zero-order valence-electron chi connectivity index (χ0n) is 14.6. The van der Waals surface area contributed by atoms with Gasteiger partial charge in [0.25, 0.3) is 5.91 Å². The van der Waals surface area contributed by atoms with Gasteiger partial charge in [-0.2, -0.15) is 0 Å². The topological polar surface area (TPSA) is 80.1 Å². The molecule has 0 unspecified atom stereocenters. The van der Waals surface area contributed by atoms with Gasteiger partial charge in [0.05, 0.1) is 30.5 Å². The van der Waals surface area contributed by atoms with E-state index < -0.39 is 24.7 Å². The minimum Gasteiger partial charge on any atom is -0.336 e. The minimum absolute atomic E-state index is 0.191. The zero-order chi connectivity index (χ0) is 19.0. The van der Waals surface area contributed by atoms with Crippen LogP contribution in [0, 0.1) is 5.92 Å². The van der Waals surface area contributed by atoms with E-state index in [4.69, 9.17) is 0 Å². The summed E-state index contributed by atoms with van der Waals surface area (Å²) in [5.41, 5.74) is 1.40. The van der Waals surface area contributed by atoms with E-state index in [1.807, 2.05) is 4.57 Å². The van der Waals surface area contributed by atoms with Crippen molar-refractivity contribution in [1.29, 1.82) is 0 Å². The molecule has 0 bridgehead atoms. The van der Waals surface area contributed by atoms with Gasteiger partial charge in [-0.3, -0.25) is 14.6 Å². The number of imidazole rings is 1. The fourth-order valence-electron chi connectivity index (χ4n) is 3.56. The largest absolute Gasteiger partial charge is 0.336 e. The quantitative estimate of drug-likeness (QED) is 0.893. The van der Waals surface area contributed by atoms with E-state index in [1.54, 1.807) is 29.6 Å². The number of hydrogen-bond donors (Lipinski definition) is 1. The number of rotatable bonds is 3. The van der Waals surface area contributed by atoms with Crippen LogP contribution in [0.2, 0.25) is 0 Å². The summed E-state index contributed by atoms with van der Waals surface area (Å²) in [5.74, 6) is -4.03. The van der Waals surface area contributed by atoms with Crippen LogP contribution < -0.4 is 5.32 Å². The molecule has 2 amide bonds. The molecule has 0 aromatic carbocycles. The molecule has 0 spiro atoms. The van der Waals surface area contributed by atoms with Gasteiger partial charge in [-0.05, 0) is 18.6 Å². The number of fused-ring (bicyclic) bond motifs is 1. The Hall–Kier alpha value is -2.84. The molecule has 1 fully saturated rings. The van der Waals surface area contributed by atoms with Gasteiger partial charge < -0.3 is 14.8 Å². The molecular weight excluding hydrogens is 356 g/mol. The molecule has 142 valence electrons. The average Bonchev–Trinajstić information content (AvgIpc) is 2.90. The Kier molecular flexibility index (Phi) is 4.37. The Morgan fingerprint density at radius 1 is 1.26 bits per heavy atom. The number of hydrogen-bond acceptors (Lipinski definition) is 4. The number of aromatic nitrogens is 3. The van der Waals surface area contributed by atoms with Crippen LogP contribution in [-0.2, 0) is 17.9 Å².